The van der Waals surface area contributed by atoms with Crippen LogP contribution in [0.2, 0.25) is 0 Å². The maximum Gasteiger partial charge on any atom is 0.319 e. The van der Waals surface area contributed by atoms with Gasteiger partial charge in [-0.25, -0.2) is 9.78 Å². The van der Waals surface area contributed by atoms with Crippen LogP contribution in [0.5, 0.6) is 5.75 Å². The van der Waals surface area contributed by atoms with E-state index in [1.54, 1.807) is 25.4 Å². The number of aromatic nitrogens is 1. The molecule has 6 heteroatoms. The molecule has 0 aliphatic rings. The Labute approximate surface area is 123 Å². The lowest BCUT2D eigenvalue weighted by Gasteiger charge is -2.09. The Morgan fingerprint density at radius 3 is 2.86 bits per heavy atom. The molecular formula is C15H18N4O2. The molecule has 0 saturated carbocycles. The van der Waals surface area contributed by atoms with Crippen LogP contribution in [0, 0.1) is 0 Å². The first kappa shape index (κ1) is 14.6. The number of pyridine rings is 1. The quantitative estimate of drug-likeness (QED) is 0.712. The normalized spacial score (nSPS) is 9.76. The molecule has 0 aliphatic heterocycles. The second-order valence-electron chi connectivity index (χ2n) is 4.25. The maximum atomic E-state index is 11.7. The summed E-state index contributed by atoms with van der Waals surface area (Å²) < 4.78 is 5.10. The fourth-order valence-electron chi connectivity index (χ4n) is 1.71. The second-order valence-corrected chi connectivity index (χ2v) is 4.25. The van der Waals surface area contributed by atoms with Gasteiger partial charge in [-0.15, -0.1) is 0 Å². The van der Waals surface area contributed by atoms with E-state index in [1.165, 1.54) is 0 Å². The van der Waals surface area contributed by atoms with E-state index in [0.29, 0.717) is 24.5 Å². The molecule has 0 spiro atoms. The van der Waals surface area contributed by atoms with Gasteiger partial charge in [-0.05, 0) is 24.3 Å². The van der Waals surface area contributed by atoms with Crippen LogP contribution in [-0.2, 0) is 0 Å². The maximum absolute atomic E-state index is 11.7. The predicted molar refractivity (Wildman–Crippen MR) is 82.7 cm³/mol. The van der Waals surface area contributed by atoms with Crippen molar-refractivity contribution in [2.75, 3.05) is 30.8 Å². The Kier molecular flexibility index (Phi) is 5.40. The van der Waals surface area contributed by atoms with Crippen molar-refractivity contribution in [1.82, 2.24) is 10.3 Å². The Balaban J connectivity index is 1.70. The zero-order valence-electron chi connectivity index (χ0n) is 11.8. The summed E-state index contributed by atoms with van der Waals surface area (Å²) in [7, 11) is 1.59. The Bertz CT molecular complexity index is 575. The average molecular weight is 286 g/mol. The number of anilines is 2. The molecule has 0 unspecified atom stereocenters. The highest BCUT2D eigenvalue weighted by Gasteiger charge is 2.01. The van der Waals surface area contributed by atoms with E-state index >= 15 is 0 Å². The third kappa shape index (κ3) is 5.02. The summed E-state index contributed by atoms with van der Waals surface area (Å²) in [5.41, 5.74) is 0.685. The smallest absolute Gasteiger partial charge is 0.319 e. The summed E-state index contributed by atoms with van der Waals surface area (Å²) in [6.45, 7) is 1.09. The van der Waals surface area contributed by atoms with Crippen molar-refractivity contribution in [3.63, 3.8) is 0 Å². The van der Waals surface area contributed by atoms with Gasteiger partial charge in [0.05, 0.1) is 7.11 Å². The van der Waals surface area contributed by atoms with Crippen LogP contribution >= 0.6 is 0 Å². The van der Waals surface area contributed by atoms with Gasteiger partial charge in [0.25, 0.3) is 0 Å². The number of methoxy groups -OCH3 is 1. The third-order valence-corrected chi connectivity index (χ3v) is 2.71. The summed E-state index contributed by atoms with van der Waals surface area (Å²) >= 11 is 0. The number of carbonyl (C=O) groups excluding carboxylic acids is 1. The van der Waals surface area contributed by atoms with Crippen molar-refractivity contribution in [2.45, 2.75) is 0 Å². The fraction of sp³-hybridized carbons (Fsp3) is 0.200. The molecule has 6 nitrogen and oxygen atoms in total. The van der Waals surface area contributed by atoms with Crippen molar-refractivity contribution in [1.29, 1.82) is 0 Å². The SMILES string of the molecule is COc1cccc(NC(=O)NCCNc2ccccn2)c1. The molecule has 0 fully saturated rings. The predicted octanol–water partition coefficient (Wildman–Crippen LogP) is 2.32. The van der Waals surface area contributed by atoms with Crippen LogP contribution in [0.4, 0.5) is 16.3 Å². The van der Waals surface area contributed by atoms with E-state index in [1.807, 2.05) is 30.3 Å². The molecule has 1 aromatic heterocycles. The van der Waals surface area contributed by atoms with Crippen LogP contribution < -0.4 is 20.7 Å². The number of benzene rings is 1. The molecule has 2 rings (SSSR count). The van der Waals surface area contributed by atoms with Gasteiger partial charge in [0.2, 0.25) is 0 Å². The van der Waals surface area contributed by atoms with Crippen LogP contribution in [0.1, 0.15) is 0 Å². The Morgan fingerprint density at radius 1 is 1.19 bits per heavy atom. The van der Waals surface area contributed by atoms with Crippen molar-refractivity contribution in [3.8, 4) is 5.75 Å². The van der Waals surface area contributed by atoms with Gasteiger partial charge < -0.3 is 20.7 Å². The average Bonchev–Trinajstić information content (AvgIpc) is 2.53. The number of carbonyl (C=O) groups is 1. The first-order valence-corrected chi connectivity index (χ1v) is 6.62. The van der Waals surface area contributed by atoms with Gasteiger partial charge in [-0.3, -0.25) is 0 Å². The van der Waals surface area contributed by atoms with Crippen LogP contribution in [-0.4, -0.2) is 31.2 Å². The number of amides is 2. The number of hydrogen-bond acceptors (Lipinski definition) is 4. The summed E-state index contributed by atoms with van der Waals surface area (Å²) in [6, 6.07) is 12.6. The summed E-state index contributed by atoms with van der Waals surface area (Å²) in [4.78, 5) is 15.8. The molecular weight excluding hydrogens is 268 g/mol. The molecule has 2 amide bonds. The minimum atomic E-state index is -0.258. The zero-order valence-corrected chi connectivity index (χ0v) is 11.8. The molecule has 0 aliphatic carbocycles. The van der Waals surface area contributed by atoms with Gasteiger partial charge >= 0.3 is 6.03 Å². The fourth-order valence-corrected chi connectivity index (χ4v) is 1.71. The Morgan fingerprint density at radius 2 is 2.10 bits per heavy atom. The number of urea groups is 1. The second kappa shape index (κ2) is 7.74. The first-order valence-electron chi connectivity index (χ1n) is 6.62. The molecule has 0 radical (unpaired) electrons. The van der Waals surface area contributed by atoms with E-state index in [2.05, 4.69) is 20.9 Å². The summed E-state index contributed by atoms with van der Waals surface area (Å²) in [6.07, 6.45) is 1.71. The molecule has 1 aromatic carbocycles. The van der Waals surface area contributed by atoms with Gasteiger partial charge in [0.15, 0.2) is 0 Å². The molecule has 0 saturated heterocycles. The summed E-state index contributed by atoms with van der Waals surface area (Å²) in [5.74, 6) is 1.48. The lowest BCUT2D eigenvalue weighted by atomic mass is 10.3. The molecule has 2 aromatic rings. The highest BCUT2D eigenvalue weighted by atomic mass is 16.5. The van der Waals surface area contributed by atoms with Gasteiger partial charge in [-0.1, -0.05) is 12.1 Å². The number of hydrogen-bond donors (Lipinski definition) is 3. The molecule has 3 N–H and O–H groups in total. The van der Waals surface area contributed by atoms with Crippen molar-refractivity contribution in [3.05, 3.63) is 48.7 Å². The molecule has 0 atom stereocenters. The van der Waals surface area contributed by atoms with E-state index in [0.717, 1.165) is 5.82 Å². The minimum Gasteiger partial charge on any atom is -0.497 e. The molecule has 21 heavy (non-hydrogen) atoms. The lowest BCUT2D eigenvalue weighted by Crippen LogP contribution is -2.32. The van der Waals surface area contributed by atoms with Gasteiger partial charge in [0, 0.05) is 31.0 Å². The standard InChI is InChI=1S/C15H18N4O2/c1-21-13-6-4-5-12(11-13)19-15(20)18-10-9-17-14-7-2-3-8-16-14/h2-8,11H,9-10H2,1H3,(H,16,17)(H2,18,19,20). The monoisotopic (exact) mass is 286 g/mol. The van der Waals surface area contributed by atoms with Crippen LogP contribution in [0.15, 0.2) is 48.7 Å². The number of nitrogens with one attached hydrogen (secondary N) is 3. The molecule has 1 heterocycles. The Hall–Kier alpha value is -2.76. The minimum absolute atomic E-state index is 0.258. The van der Waals surface area contributed by atoms with Crippen LogP contribution in [0.3, 0.4) is 0 Å². The van der Waals surface area contributed by atoms with E-state index < -0.39 is 0 Å². The third-order valence-electron chi connectivity index (χ3n) is 2.71. The largest absolute Gasteiger partial charge is 0.497 e. The zero-order chi connectivity index (χ0) is 14.9. The highest BCUT2D eigenvalue weighted by Crippen LogP contribution is 2.16. The number of nitrogens with zero attached hydrogens (tertiary/aromatic N) is 1. The van der Waals surface area contributed by atoms with Crippen molar-refractivity contribution in [2.24, 2.45) is 0 Å². The van der Waals surface area contributed by atoms with Crippen LogP contribution in [0.25, 0.3) is 0 Å². The first-order chi connectivity index (χ1) is 10.3. The number of ether oxygens (including phenoxy) is 1. The van der Waals surface area contributed by atoms with Crippen molar-refractivity contribution < 1.29 is 9.53 Å². The van der Waals surface area contributed by atoms with Gasteiger partial charge in [-0.2, -0.15) is 0 Å². The topological polar surface area (TPSA) is 75.3 Å². The number of rotatable bonds is 6. The summed E-state index contributed by atoms with van der Waals surface area (Å²) in [5, 5.41) is 8.61. The van der Waals surface area contributed by atoms with E-state index in [-0.39, 0.29) is 6.03 Å². The van der Waals surface area contributed by atoms with Crippen molar-refractivity contribution >= 4 is 17.5 Å². The molecule has 110 valence electrons. The molecule has 0 bridgehead atoms. The van der Waals surface area contributed by atoms with E-state index in [4.69, 9.17) is 4.74 Å². The highest BCUT2D eigenvalue weighted by molar-refractivity contribution is 5.89. The van der Waals surface area contributed by atoms with E-state index in [9.17, 15) is 4.79 Å². The lowest BCUT2D eigenvalue weighted by molar-refractivity contribution is 0.252. The van der Waals surface area contributed by atoms with Gasteiger partial charge in [0.1, 0.15) is 11.6 Å².